The van der Waals surface area contributed by atoms with E-state index in [0.717, 1.165) is 17.3 Å². The van der Waals surface area contributed by atoms with Crippen LogP contribution in [0.4, 0.5) is 5.69 Å². The van der Waals surface area contributed by atoms with Crippen molar-refractivity contribution in [3.63, 3.8) is 0 Å². The van der Waals surface area contributed by atoms with E-state index < -0.39 is 0 Å². The first-order valence-electron chi connectivity index (χ1n) is 9.16. The first-order chi connectivity index (χ1) is 12.1. The molecule has 1 aliphatic carbocycles. The molecule has 0 radical (unpaired) electrons. The minimum absolute atomic E-state index is 0. The molecule has 0 spiro atoms. The van der Waals surface area contributed by atoms with Crippen molar-refractivity contribution >= 4 is 5.69 Å². The highest BCUT2D eigenvalue weighted by atomic mass is 16.0. The lowest BCUT2D eigenvalue weighted by atomic mass is 9.93. The van der Waals surface area contributed by atoms with Crippen LogP contribution >= 0.6 is 0 Å². The number of benzene rings is 3. The molecule has 1 aliphatic rings. The first kappa shape index (κ1) is 18.4. The number of hydrogen-bond acceptors (Lipinski definition) is 1. The Morgan fingerprint density at radius 2 is 1.42 bits per heavy atom. The van der Waals surface area contributed by atoms with E-state index in [1.807, 2.05) is 0 Å². The van der Waals surface area contributed by atoms with Crippen LogP contribution in [0, 0.1) is 6.92 Å². The van der Waals surface area contributed by atoms with Gasteiger partial charge < -0.3 is 5.48 Å². The number of para-hydroxylation sites is 1. The van der Waals surface area contributed by atoms with Crippen LogP contribution in [0.5, 0.6) is 0 Å². The summed E-state index contributed by atoms with van der Waals surface area (Å²) in [4.78, 5) is 0. The van der Waals surface area contributed by atoms with Gasteiger partial charge in [0.2, 0.25) is 0 Å². The normalized spacial score (nSPS) is 16.0. The second-order valence-electron chi connectivity index (χ2n) is 7.62. The molecule has 3 aromatic rings. The van der Waals surface area contributed by atoms with E-state index in [1.54, 1.807) is 0 Å². The molecule has 0 aliphatic heterocycles. The van der Waals surface area contributed by atoms with E-state index in [-0.39, 0.29) is 5.48 Å². The molecule has 2 nitrogen and oxygen atoms in total. The van der Waals surface area contributed by atoms with Gasteiger partial charge in [-0.05, 0) is 47.7 Å². The van der Waals surface area contributed by atoms with Crippen molar-refractivity contribution in [2.45, 2.75) is 25.8 Å². The molecule has 2 heteroatoms. The van der Waals surface area contributed by atoms with Crippen LogP contribution in [0.1, 0.15) is 29.2 Å². The Hall–Kier alpha value is -2.42. The van der Waals surface area contributed by atoms with Crippen molar-refractivity contribution < 1.29 is 5.48 Å². The Kier molecular flexibility index (Phi) is 4.99. The third-order valence-electron chi connectivity index (χ3n) is 5.89. The van der Waals surface area contributed by atoms with Crippen molar-refractivity contribution in [3.8, 4) is 11.1 Å². The molecule has 0 aromatic heterocycles. The molecule has 0 amide bonds. The molecule has 1 atom stereocenters. The topological polar surface area (TPSA) is 30.0 Å². The molecule has 0 saturated carbocycles. The second kappa shape index (κ2) is 7.06. The van der Waals surface area contributed by atoms with Gasteiger partial charge in [0, 0.05) is 12.0 Å². The van der Waals surface area contributed by atoms with Gasteiger partial charge >= 0.3 is 0 Å². The zero-order valence-electron chi connectivity index (χ0n) is 15.8. The SMILES string of the molecule is Cc1cccc2c1CCC([N+](C)(C)c1ccccc1)c1ccccc1-2.[OH-]. The molecule has 3 aromatic carbocycles. The van der Waals surface area contributed by atoms with Gasteiger partial charge in [0.05, 0.1) is 14.1 Å². The van der Waals surface area contributed by atoms with Crippen LogP contribution in [-0.2, 0) is 6.42 Å². The average molecular weight is 345 g/mol. The van der Waals surface area contributed by atoms with E-state index in [1.165, 1.54) is 33.5 Å². The molecule has 0 heterocycles. The lowest BCUT2D eigenvalue weighted by Gasteiger charge is -2.38. The predicted octanol–water partition coefficient (Wildman–Crippen LogP) is 5.74. The quantitative estimate of drug-likeness (QED) is 0.545. The standard InChI is InChI=1S/C24H26N.H2O/c1-18-10-9-15-21-20(18)16-17-24(23-14-8-7-13-22(21)23)25(2,3)19-11-5-4-6-12-19;/h4-15,24H,16-17H2,1-3H3;1H2/q+1;/p-1. The molecule has 0 fully saturated rings. The van der Waals surface area contributed by atoms with E-state index in [0.29, 0.717) is 6.04 Å². The summed E-state index contributed by atoms with van der Waals surface area (Å²) in [5.74, 6) is 0. The number of quaternary nitrogens is 1. The van der Waals surface area contributed by atoms with Gasteiger partial charge in [-0.1, -0.05) is 60.7 Å². The van der Waals surface area contributed by atoms with Gasteiger partial charge in [-0.2, -0.15) is 0 Å². The van der Waals surface area contributed by atoms with Crippen LogP contribution in [0.3, 0.4) is 0 Å². The van der Waals surface area contributed by atoms with Crippen LogP contribution in [-0.4, -0.2) is 19.6 Å². The largest absolute Gasteiger partial charge is 0.870 e. The molecular formula is C24H27NO. The molecule has 1 N–H and O–H groups in total. The Morgan fingerprint density at radius 3 is 2.19 bits per heavy atom. The van der Waals surface area contributed by atoms with Crippen molar-refractivity contribution in [2.24, 2.45) is 0 Å². The smallest absolute Gasteiger partial charge is 0.132 e. The summed E-state index contributed by atoms with van der Waals surface area (Å²) in [6.07, 6.45) is 2.30. The first-order valence-corrected chi connectivity index (χ1v) is 9.16. The third-order valence-corrected chi connectivity index (χ3v) is 5.89. The molecular weight excluding hydrogens is 318 g/mol. The van der Waals surface area contributed by atoms with Gasteiger partial charge in [-0.3, -0.25) is 4.48 Å². The summed E-state index contributed by atoms with van der Waals surface area (Å²) in [5.41, 5.74) is 8.60. The maximum absolute atomic E-state index is 2.35. The number of hydrogen-bond donors (Lipinski definition) is 0. The average Bonchev–Trinajstić information content (AvgIpc) is 2.81. The number of nitrogens with zero attached hydrogens (tertiary/aromatic N) is 1. The summed E-state index contributed by atoms with van der Waals surface area (Å²) in [7, 11) is 4.69. The minimum atomic E-state index is 0. The van der Waals surface area contributed by atoms with E-state index in [4.69, 9.17) is 0 Å². The summed E-state index contributed by atoms with van der Waals surface area (Å²) < 4.78 is 0.880. The van der Waals surface area contributed by atoms with Crippen molar-refractivity contribution in [1.29, 1.82) is 0 Å². The fourth-order valence-electron chi connectivity index (χ4n) is 4.42. The summed E-state index contributed by atoms with van der Waals surface area (Å²) in [6.45, 7) is 2.25. The van der Waals surface area contributed by atoms with E-state index in [2.05, 4.69) is 93.8 Å². The maximum atomic E-state index is 2.35. The molecule has 26 heavy (non-hydrogen) atoms. The summed E-state index contributed by atoms with van der Waals surface area (Å²) in [5, 5.41) is 0. The summed E-state index contributed by atoms with van der Waals surface area (Å²) in [6, 6.07) is 27.1. The molecule has 4 rings (SSSR count). The zero-order valence-corrected chi connectivity index (χ0v) is 15.8. The van der Waals surface area contributed by atoms with Crippen LogP contribution in [0.25, 0.3) is 11.1 Å². The minimum Gasteiger partial charge on any atom is -0.870 e. The highest BCUT2D eigenvalue weighted by Crippen LogP contribution is 2.43. The van der Waals surface area contributed by atoms with Crippen LogP contribution in [0.2, 0.25) is 0 Å². The van der Waals surface area contributed by atoms with Crippen molar-refractivity contribution in [1.82, 2.24) is 4.48 Å². The molecule has 1 unspecified atom stereocenters. The van der Waals surface area contributed by atoms with Crippen molar-refractivity contribution in [2.75, 3.05) is 14.1 Å². The van der Waals surface area contributed by atoms with Gasteiger partial charge in [-0.25, -0.2) is 0 Å². The molecule has 0 saturated heterocycles. The number of fused-ring (bicyclic) bond motifs is 3. The van der Waals surface area contributed by atoms with Crippen molar-refractivity contribution in [3.05, 3.63) is 89.5 Å². The van der Waals surface area contributed by atoms with Gasteiger partial charge in [0.1, 0.15) is 11.7 Å². The number of rotatable bonds is 2. The summed E-state index contributed by atoms with van der Waals surface area (Å²) >= 11 is 0. The highest BCUT2D eigenvalue weighted by Gasteiger charge is 2.35. The van der Waals surface area contributed by atoms with Gasteiger partial charge in [0.25, 0.3) is 0 Å². The second-order valence-corrected chi connectivity index (χ2v) is 7.62. The fourth-order valence-corrected chi connectivity index (χ4v) is 4.42. The lowest BCUT2D eigenvalue weighted by Crippen LogP contribution is -2.44. The predicted molar refractivity (Wildman–Crippen MR) is 110 cm³/mol. The molecule has 0 bridgehead atoms. The lowest BCUT2D eigenvalue weighted by molar-refractivity contribution is 0.283. The Morgan fingerprint density at radius 1 is 0.769 bits per heavy atom. The van der Waals surface area contributed by atoms with Crippen LogP contribution < -0.4 is 4.48 Å². The van der Waals surface area contributed by atoms with E-state index >= 15 is 0 Å². The van der Waals surface area contributed by atoms with Gasteiger partial charge in [0.15, 0.2) is 0 Å². The Bertz CT molecular complexity index is 899. The van der Waals surface area contributed by atoms with Gasteiger partial charge in [-0.15, -0.1) is 0 Å². The number of aryl methyl sites for hydroxylation is 1. The Labute approximate surface area is 156 Å². The monoisotopic (exact) mass is 345 g/mol. The maximum Gasteiger partial charge on any atom is 0.132 e. The zero-order chi connectivity index (χ0) is 17.4. The fraction of sp³-hybridized carbons (Fsp3) is 0.250. The van der Waals surface area contributed by atoms with Crippen LogP contribution in [0.15, 0.2) is 72.8 Å². The highest BCUT2D eigenvalue weighted by molar-refractivity contribution is 5.74. The van der Waals surface area contributed by atoms with E-state index in [9.17, 15) is 0 Å². The third kappa shape index (κ3) is 2.96. The Balaban J connectivity index is 0.00000196. The molecule has 134 valence electrons.